The highest BCUT2D eigenvalue weighted by molar-refractivity contribution is 5.94. The van der Waals surface area contributed by atoms with Crippen molar-refractivity contribution in [3.8, 4) is 0 Å². The molecule has 0 bridgehead atoms. The van der Waals surface area contributed by atoms with Crippen LogP contribution in [0.3, 0.4) is 0 Å². The molecular formula is C36H43FN6O5. The van der Waals surface area contributed by atoms with Gasteiger partial charge in [-0.15, -0.1) is 0 Å². The van der Waals surface area contributed by atoms with Crippen LogP contribution < -0.4 is 26.9 Å². The molecule has 0 unspecified atom stereocenters. The number of carbonyl (C=O) groups excluding carboxylic acids is 1. The Balaban J connectivity index is 1.04. The molecule has 2 N–H and O–H groups in total. The molecular weight excluding hydrogens is 615 g/mol. The maximum absolute atomic E-state index is 15.5. The number of H-pyrrole nitrogens is 1. The molecule has 2 fully saturated rings. The van der Waals surface area contributed by atoms with E-state index in [2.05, 4.69) is 29.0 Å². The van der Waals surface area contributed by atoms with Crippen molar-refractivity contribution in [1.82, 2.24) is 19.0 Å². The molecule has 2 aliphatic rings. The third kappa shape index (κ3) is 7.08. The molecule has 0 spiro atoms. The summed E-state index contributed by atoms with van der Waals surface area (Å²) in [6.45, 7) is 9.79. The Morgan fingerprint density at radius 2 is 1.75 bits per heavy atom. The van der Waals surface area contributed by atoms with E-state index in [0.717, 1.165) is 51.0 Å². The summed E-state index contributed by atoms with van der Waals surface area (Å²) >= 11 is 0. The highest BCUT2D eigenvalue weighted by Gasteiger charge is 2.29. The van der Waals surface area contributed by atoms with Gasteiger partial charge in [-0.1, -0.05) is 13.0 Å². The van der Waals surface area contributed by atoms with E-state index in [9.17, 15) is 19.2 Å². The van der Waals surface area contributed by atoms with E-state index in [4.69, 9.17) is 4.74 Å². The number of unbranched alkanes of at least 4 members (excludes halogenated alkanes) is 1. The van der Waals surface area contributed by atoms with Crippen LogP contribution >= 0.6 is 0 Å². The third-order valence-electron chi connectivity index (χ3n) is 9.39. The number of benzene rings is 2. The normalized spacial score (nSPS) is 15.2. The van der Waals surface area contributed by atoms with Crippen molar-refractivity contribution in [2.45, 2.75) is 65.5 Å². The second-order valence-electron chi connectivity index (χ2n) is 12.7. The van der Waals surface area contributed by atoms with Crippen LogP contribution in [-0.4, -0.2) is 64.3 Å². The van der Waals surface area contributed by atoms with Gasteiger partial charge in [-0.3, -0.25) is 24.0 Å². The van der Waals surface area contributed by atoms with Crippen molar-refractivity contribution in [2.75, 3.05) is 49.5 Å². The van der Waals surface area contributed by atoms with Gasteiger partial charge in [0.25, 0.3) is 5.56 Å². The summed E-state index contributed by atoms with van der Waals surface area (Å²) in [5.41, 5.74) is 2.92. The number of piperazine rings is 1. The number of carbonyl (C=O) groups is 1. The van der Waals surface area contributed by atoms with Crippen LogP contribution in [0.1, 0.15) is 67.1 Å². The molecule has 6 rings (SSSR count). The van der Waals surface area contributed by atoms with Crippen molar-refractivity contribution >= 4 is 34.1 Å². The molecule has 2 aromatic carbocycles. The Hall–Kier alpha value is -4.71. The van der Waals surface area contributed by atoms with Gasteiger partial charge in [-0.25, -0.2) is 14.0 Å². The summed E-state index contributed by atoms with van der Waals surface area (Å²) in [6, 6.07) is 10.6. The van der Waals surface area contributed by atoms with E-state index in [0.29, 0.717) is 43.1 Å². The summed E-state index contributed by atoms with van der Waals surface area (Å²) in [5, 5.41) is 3.33. The molecule has 1 saturated carbocycles. The van der Waals surface area contributed by atoms with Gasteiger partial charge >= 0.3 is 11.7 Å². The van der Waals surface area contributed by atoms with E-state index in [1.807, 2.05) is 27.7 Å². The van der Waals surface area contributed by atoms with Gasteiger partial charge in [0, 0.05) is 62.1 Å². The molecule has 0 atom stereocenters. The van der Waals surface area contributed by atoms with E-state index < -0.39 is 22.9 Å². The lowest BCUT2D eigenvalue weighted by Gasteiger charge is -2.36. The van der Waals surface area contributed by atoms with Crippen molar-refractivity contribution in [1.29, 1.82) is 0 Å². The van der Waals surface area contributed by atoms with Crippen LogP contribution in [0.2, 0.25) is 0 Å². The Morgan fingerprint density at radius 1 is 1.00 bits per heavy atom. The molecule has 11 nitrogen and oxygen atoms in total. The predicted molar refractivity (Wildman–Crippen MR) is 185 cm³/mol. The number of anilines is 3. The van der Waals surface area contributed by atoms with Crippen LogP contribution in [0.4, 0.5) is 21.6 Å². The number of ether oxygens (including phenoxy) is 1. The number of fused-ring (bicyclic) bond motifs is 1. The smallest absolute Gasteiger partial charge is 0.343 e. The van der Waals surface area contributed by atoms with Gasteiger partial charge in [-0.2, -0.15) is 0 Å². The molecule has 2 aromatic heterocycles. The quantitative estimate of drug-likeness (QED) is 0.166. The van der Waals surface area contributed by atoms with Gasteiger partial charge < -0.3 is 19.5 Å². The van der Waals surface area contributed by atoms with Gasteiger partial charge in [-0.05, 0) is 87.9 Å². The van der Waals surface area contributed by atoms with E-state index in [-0.39, 0.29) is 29.2 Å². The number of nitrogens with zero attached hydrogens (tertiary/aromatic N) is 4. The predicted octanol–water partition coefficient (Wildman–Crippen LogP) is 4.72. The van der Waals surface area contributed by atoms with Crippen LogP contribution in [-0.2, 0) is 17.7 Å². The molecule has 1 aliphatic carbocycles. The fraction of sp³-hybridized carbons (Fsp3) is 0.444. The topological polar surface area (TPSA) is 122 Å². The zero-order valence-electron chi connectivity index (χ0n) is 27.8. The molecule has 3 heterocycles. The average Bonchev–Trinajstić information content (AvgIpc) is 3.91. The second kappa shape index (κ2) is 14.2. The molecule has 48 heavy (non-hydrogen) atoms. The number of pyridine rings is 1. The molecule has 0 radical (unpaired) electrons. The Labute approximate surface area is 277 Å². The number of esters is 1. The summed E-state index contributed by atoms with van der Waals surface area (Å²) in [6.07, 6.45) is 5.80. The van der Waals surface area contributed by atoms with Crippen LogP contribution in [0.15, 0.2) is 57.0 Å². The first-order chi connectivity index (χ1) is 23.2. The SMILES string of the molecule is CCOC(=O)c1cn(C2CC2)c2cc(N3CCN(CCCCn4c(=O)cc(Nc5ccc(C)c(CC)c5)[nH]c4=O)CC3)c(F)cc2c1=O. The minimum Gasteiger partial charge on any atom is -0.462 e. The van der Waals surface area contributed by atoms with Gasteiger partial charge in [0.1, 0.15) is 17.2 Å². The maximum Gasteiger partial charge on any atom is 0.343 e. The minimum atomic E-state index is -0.687. The molecule has 4 aromatic rings. The lowest BCUT2D eigenvalue weighted by molar-refractivity contribution is 0.0524. The number of nitrogens with one attached hydrogen (secondary N) is 2. The first kappa shape index (κ1) is 33.2. The Kier molecular flexibility index (Phi) is 9.81. The molecule has 1 saturated heterocycles. The minimum absolute atomic E-state index is 0.0657. The van der Waals surface area contributed by atoms with Crippen molar-refractivity contribution < 1.29 is 13.9 Å². The summed E-state index contributed by atoms with van der Waals surface area (Å²) < 4.78 is 23.7. The van der Waals surface area contributed by atoms with Crippen molar-refractivity contribution in [3.63, 3.8) is 0 Å². The number of halogens is 1. The first-order valence-corrected chi connectivity index (χ1v) is 16.9. The molecule has 1 aliphatic heterocycles. The van der Waals surface area contributed by atoms with Gasteiger partial charge in [0.15, 0.2) is 0 Å². The number of rotatable bonds is 12. The number of hydrogen-bond donors (Lipinski definition) is 2. The summed E-state index contributed by atoms with van der Waals surface area (Å²) in [7, 11) is 0. The number of aromatic nitrogens is 3. The second-order valence-corrected chi connectivity index (χ2v) is 12.7. The Bertz CT molecular complexity index is 1970. The average molecular weight is 659 g/mol. The lowest BCUT2D eigenvalue weighted by atomic mass is 10.1. The fourth-order valence-corrected chi connectivity index (χ4v) is 6.51. The third-order valence-corrected chi connectivity index (χ3v) is 9.39. The van der Waals surface area contributed by atoms with Crippen LogP contribution in [0, 0.1) is 12.7 Å². The monoisotopic (exact) mass is 658 g/mol. The summed E-state index contributed by atoms with van der Waals surface area (Å²) in [5.74, 6) is -0.809. The van der Waals surface area contributed by atoms with Crippen LogP contribution in [0.5, 0.6) is 0 Å². The molecule has 12 heteroatoms. The standard InChI is InChI=1S/C36H43FN6O5/c1-4-24-18-25(9-8-23(24)3)38-32-21-33(44)42(36(47)39-32)13-7-6-12-40-14-16-41(17-15-40)31-20-30-27(19-29(31)37)34(45)28(35(46)48-5-2)22-43(30)26-10-11-26/h8-9,18-22,26,38H,4-7,10-17H2,1-3H3,(H,39,47). The zero-order chi connectivity index (χ0) is 33.9. The Morgan fingerprint density at radius 3 is 2.44 bits per heavy atom. The first-order valence-electron chi connectivity index (χ1n) is 16.9. The maximum atomic E-state index is 15.5. The number of aryl methyl sites for hydroxylation is 2. The lowest BCUT2D eigenvalue weighted by Crippen LogP contribution is -2.47. The van der Waals surface area contributed by atoms with Gasteiger partial charge in [0.05, 0.1) is 17.8 Å². The number of hydrogen-bond acceptors (Lipinski definition) is 8. The molecule has 254 valence electrons. The van der Waals surface area contributed by atoms with E-state index >= 15 is 4.39 Å². The molecule has 0 amide bonds. The zero-order valence-corrected chi connectivity index (χ0v) is 27.8. The fourth-order valence-electron chi connectivity index (χ4n) is 6.51. The van der Waals surface area contributed by atoms with Gasteiger partial charge in [0.2, 0.25) is 5.43 Å². The highest BCUT2D eigenvalue weighted by atomic mass is 19.1. The largest absolute Gasteiger partial charge is 0.462 e. The highest BCUT2D eigenvalue weighted by Crippen LogP contribution is 2.38. The number of aromatic amines is 1. The van der Waals surface area contributed by atoms with Crippen molar-refractivity contribution in [2.24, 2.45) is 0 Å². The van der Waals surface area contributed by atoms with E-state index in [1.54, 1.807) is 19.2 Å². The van der Waals surface area contributed by atoms with E-state index in [1.165, 1.54) is 27.8 Å². The van der Waals surface area contributed by atoms with Crippen molar-refractivity contribution in [3.05, 3.63) is 96.2 Å². The van der Waals surface area contributed by atoms with Crippen LogP contribution in [0.25, 0.3) is 10.9 Å². The summed E-state index contributed by atoms with van der Waals surface area (Å²) in [4.78, 5) is 58.2.